The normalized spacial score (nSPS) is 14.0. The maximum Gasteiger partial charge on any atom is 0.223 e. The van der Waals surface area contributed by atoms with Gasteiger partial charge >= 0.3 is 0 Å². The van der Waals surface area contributed by atoms with Crippen LogP contribution < -0.4 is 5.32 Å². The number of rotatable bonds is 4. The Morgan fingerprint density at radius 1 is 1.22 bits per heavy atom. The van der Waals surface area contributed by atoms with E-state index in [1.54, 1.807) is 23.3 Å². The minimum Gasteiger partial charge on any atom is -0.322 e. The largest absolute Gasteiger partial charge is 0.322 e. The number of halogens is 2. The summed E-state index contributed by atoms with van der Waals surface area (Å²) in [6.07, 6.45) is 1.82. The van der Waals surface area contributed by atoms with Crippen LogP contribution in [-0.2, 0) is 11.4 Å². The van der Waals surface area contributed by atoms with Crippen molar-refractivity contribution in [2.75, 3.05) is 18.4 Å². The van der Waals surface area contributed by atoms with Crippen LogP contribution in [0.4, 0.5) is 5.69 Å². The summed E-state index contributed by atoms with van der Waals surface area (Å²) in [5.41, 5.74) is 2.60. The Labute approximate surface area is 144 Å². The molecule has 1 aromatic heterocycles. The molecule has 5 nitrogen and oxygen atoms in total. The molecule has 1 aliphatic rings. The summed E-state index contributed by atoms with van der Waals surface area (Å²) in [5.74, 6) is 0.590. The molecule has 1 aliphatic heterocycles. The summed E-state index contributed by atoms with van der Waals surface area (Å²) in [6.45, 7) is 3.68. The van der Waals surface area contributed by atoms with E-state index in [2.05, 4.69) is 15.3 Å². The molecule has 0 spiro atoms. The van der Waals surface area contributed by atoms with Crippen LogP contribution in [0.3, 0.4) is 0 Å². The average Bonchev–Trinajstić information content (AvgIpc) is 2.98. The van der Waals surface area contributed by atoms with Gasteiger partial charge in [-0.05, 0) is 30.7 Å². The molecular formula is C16H16Cl2N4O. The van der Waals surface area contributed by atoms with Crippen molar-refractivity contribution in [2.45, 2.75) is 13.5 Å². The van der Waals surface area contributed by atoms with Gasteiger partial charge < -0.3 is 5.32 Å². The highest BCUT2D eigenvalue weighted by atomic mass is 35.5. The number of para-hydroxylation sites is 1. The van der Waals surface area contributed by atoms with Crippen LogP contribution in [0.2, 0.25) is 10.0 Å². The zero-order valence-electron chi connectivity index (χ0n) is 12.6. The van der Waals surface area contributed by atoms with Crippen molar-refractivity contribution in [1.82, 2.24) is 10.0 Å². The predicted octanol–water partition coefficient (Wildman–Crippen LogP) is 3.91. The molecule has 2 aromatic rings. The molecule has 1 N–H and O–H groups in total. The van der Waals surface area contributed by atoms with Gasteiger partial charge in [-0.25, -0.2) is 10.1 Å². The van der Waals surface area contributed by atoms with E-state index in [0.717, 1.165) is 11.3 Å². The highest BCUT2D eigenvalue weighted by Gasteiger charge is 2.20. The molecule has 1 aromatic carbocycles. The van der Waals surface area contributed by atoms with E-state index in [-0.39, 0.29) is 0 Å². The van der Waals surface area contributed by atoms with Crippen molar-refractivity contribution in [3.05, 3.63) is 57.8 Å². The van der Waals surface area contributed by atoms with E-state index in [1.165, 1.54) is 0 Å². The van der Waals surface area contributed by atoms with Crippen molar-refractivity contribution in [3.63, 3.8) is 0 Å². The average molecular weight is 351 g/mol. The van der Waals surface area contributed by atoms with Gasteiger partial charge in [-0.3, -0.25) is 9.82 Å². The molecule has 0 unspecified atom stereocenters. The third-order valence-corrected chi connectivity index (χ3v) is 3.97. The van der Waals surface area contributed by atoms with Gasteiger partial charge in [0, 0.05) is 6.20 Å². The van der Waals surface area contributed by atoms with E-state index in [9.17, 15) is 0 Å². The van der Waals surface area contributed by atoms with Gasteiger partial charge in [-0.1, -0.05) is 35.3 Å². The summed E-state index contributed by atoms with van der Waals surface area (Å²) in [4.78, 5) is 14.5. The third-order valence-electron chi connectivity index (χ3n) is 3.34. The topological polar surface area (TPSA) is 49.8 Å². The predicted molar refractivity (Wildman–Crippen MR) is 92.9 cm³/mol. The summed E-state index contributed by atoms with van der Waals surface area (Å²) >= 11 is 12.3. The van der Waals surface area contributed by atoms with Gasteiger partial charge in [-0.15, -0.1) is 0 Å². The van der Waals surface area contributed by atoms with Crippen LogP contribution in [0.15, 0.2) is 41.5 Å². The number of hydrogen-bond acceptors (Lipinski definition) is 5. The molecule has 0 atom stereocenters. The lowest BCUT2D eigenvalue weighted by molar-refractivity contribution is -0.104. The second kappa shape index (κ2) is 7.17. The number of aryl methyl sites for hydroxylation is 1. The first kappa shape index (κ1) is 16.1. The number of hydrogen-bond donors (Lipinski definition) is 1. The maximum atomic E-state index is 6.17. The number of aliphatic imine (C=N–C) groups is 1. The third kappa shape index (κ3) is 3.93. The van der Waals surface area contributed by atoms with Crippen molar-refractivity contribution >= 4 is 34.8 Å². The molecule has 23 heavy (non-hydrogen) atoms. The zero-order valence-corrected chi connectivity index (χ0v) is 14.1. The fourth-order valence-corrected chi connectivity index (χ4v) is 2.61. The van der Waals surface area contributed by atoms with Crippen molar-refractivity contribution in [1.29, 1.82) is 0 Å². The van der Waals surface area contributed by atoms with Crippen LogP contribution in [0.5, 0.6) is 0 Å². The molecule has 0 fully saturated rings. The smallest absolute Gasteiger partial charge is 0.223 e. The zero-order chi connectivity index (χ0) is 16.2. The molecule has 0 amide bonds. The van der Waals surface area contributed by atoms with E-state index in [1.807, 2.05) is 25.3 Å². The van der Waals surface area contributed by atoms with Gasteiger partial charge in [0.15, 0.2) is 0 Å². The molecule has 0 saturated carbocycles. The van der Waals surface area contributed by atoms with Crippen molar-refractivity contribution in [2.24, 2.45) is 4.99 Å². The van der Waals surface area contributed by atoms with Crippen molar-refractivity contribution < 1.29 is 4.84 Å². The van der Waals surface area contributed by atoms with Crippen LogP contribution in [-0.4, -0.2) is 29.1 Å². The second-order valence-corrected chi connectivity index (χ2v) is 5.94. The Morgan fingerprint density at radius 3 is 2.70 bits per heavy atom. The molecule has 2 heterocycles. The first-order chi connectivity index (χ1) is 11.1. The fourth-order valence-electron chi connectivity index (χ4n) is 2.12. The van der Waals surface area contributed by atoms with E-state index in [4.69, 9.17) is 28.0 Å². The maximum absolute atomic E-state index is 6.17. The van der Waals surface area contributed by atoms with E-state index >= 15 is 0 Å². The monoisotopic (exact) mass is 350 g/mol. The lowest BCUT2D eigenvalue weighted by Crippen LogP contribution is -2.33. The molecule has 0 radical (unpaired) electrons. The highest BCUT2D eigenvalue weighted by molar-refractivity contribution is 6.39. The van der Waals surface area contributed by atoms with Crippen LogP contribution in [0, 0.1) is 6.92 Å². The van der Waals surface area contributed by atoms with Gasteiger partial charge in [0.2, 0.25) is 5.96 Å². The Hall–Kier alpha value is -1.82. The molecule has 7 heteroatoms. The van der Waals surface area contributed by atoms with E-state index in [0.29, 0.717) is 41.4 Å². The van der Waals surface area contributed by atoms with Crippen molar-refractivity contribution in [3.8, 4) is 0 Å². The molecule has 120 valence electrons. The molecule has 0 saturated heterocycles. The number of hydroxylamine groups is 2. The number of nitrogens with zero attached hydrogens (tertiary/aromatic N) is 3. The summed E-state index contributed by atoms with van der Waals surface area (Å²) < 4.78 is 0. The summed E-state index contributed by atoms with van der Waals surface area (Å²) in [6, 6.07) is 9.29. The lowest BCUT2D eigenvalue weighted by atomic mass is 10.3. The molecule has 0 aliphatic carbocycles. The summed E-state index contributed by atoms with van der Waals surface area (Å²) in [7, 11) is 0. The number of guanidine groups is 1. The first-order valence-corrected chi connectivity index (χ1v) is 7.96. The number of benzene rings is 1. The number of anilines is 1. The number of aromatic nitrogens is 1. The number of pyridine rings is 1. The SMILES string of the molecule is Cc1ccc(CON2CCN=C2Nc2c(Cl)cccc2Cl)nc1. The Bertz CT molecular complexity index is 698. The minimum absolute atomic E-state index is 0.372. The molecule has 0 bridgehead atoms. The van der Waals surface area contributed by atoms with Gasteiger partial charge in [0.25, 0.3) is 0 Å². The van der Waals surface area contributed by atoms with Gasteiger partial charge in [-0.2, -0.15) is 0 Å². The van der Waals surface area contributed by atoms with Crippen LogP contribution >= 0.6 is 23.2 Å². The lowest BCUT2D eigenvalue weighted by Gasteiger charge is -2.21. The van der Waals surface area contributed by atoms with Gasteiger partial charge in [0.05, 0.1) is 34.5 Å². The quantitative estimate of drug-likeness (QED) is 0.907. The molecule has 3 rings (SSSR count). The van der Waals surface area contributed by atoms with E-state index < -0.39 is 0 Å². The second-order valence-electron chi connectivity index (χ2n) is 5.13. The van der Waals surface area contributed by atoms with Crippen LogP contribution in [0.25, 0.3) is 0 Å². The standard InChI is InChI=1S/C16H16Cl2N4O/c1-11-5-6-12(20-9-11)10-23-22-8-7-19-16(22)21-15-13(17)3-2-4-14(15)18/h2-6,9H,7-8,10H2,1H3,(H,19,21). The summed E-state index contributed by atoms with van der Waals surface area (Å²) in [5, 5.41) is 5.90. The Kier molecular flexibility index (Phi) is 5.00. The molecular weight excluding hydrogens is 335 g/mol. The van der Waals surface area contributed by atoms with Gasteiger partial charge in [0.1, 0.15) is 6.61 Å². The number of nitrogens with one attached hydrogen (secondary N) is 1. The Morgan fingerprint density at radius 2 is 2.00 bits per heavy atom. The first-order valence-electron chi connectivity index (χ1n) is 7.21. The Balaban J connectivity index is 1.65. The van der Waals surface area contributed by atoms with Crippen LogP contribution in [0.1, 0.15) is 11.3 Å². The minimum atomic E-state index is 0.372. The fraction of sp³-hybridized carbons (Fsp3) is 0.250. The highest BCUT2D eigenvalue weighted by Crippen LogP contribution is 2.30.